The van der Waals surface area contributed by atoms with Gasteiger partial charge in [0.25, 0.3) is 0 Å². The van der Waals surface area contributed by atoms with Gasteiger partial charge in [0, 0.05) is 24.9 Å². The number of carbonyl (C=O) groups is 1. The Labute approximate surface area is 235 Å². The highest BCUT2D eigenvalue weighted by Gasteiger charge is 2.33. The molecule has 0 fully saturated rings. The number of hydrogen-bond acceptors (Lipinski definition) is 9. The summed E-state index contributed by atoms with van der Waals surface area (Å²) in [5.74, 6) is 1.47. The number of urea groups is 1. The zero-order valence-corrected chi connectivity index (χ0v) is 22.0. The van der Waals surface area contributed by atoms with Gasteiger partial charge in [-0.1, -0.05) is 11.6 Å². The molecule has 0 spiro atoms. The monoisotopic (exact) mass is 591 g/mol. The molecular weight excluding hydrogens is 571 g/mol. The van der Waals surface area contributed by atoms with E-state index in [1.165, 1.54) is 30.7 Å². The van der Waals surface area contributed by atoms with E-state index in [2.05, 4.69) is 25.6 Å². The van der Waals surface area contributed by atoms with Gasteiger partial charge in [-0.3, -0.25) is 0 Å². The second kappa shape index (κ2) is 11.9. The molecule has 0 saturated carbocycles. The van der Waals surface area contributed by atoms with Gasteiger partial charge in [-0.05, 0) is 24.3 Å². The maximum Gasteiger partial charge on any atom is 0.417 e. The summed E-state index contributed by atoms with van der Waals surface area (Å²) in [5.41, 5.74) is -0.424. The summed E-state index contributed by atoms with van der Waals surface area (Å²) in [6.07, 6.45) is -2.05. The summed E-state index contributed by atoms with van der Waals surface area (Å²) in [7, 11) is 1.57. The minimum atomic E-state index is -4.67. The summed E-state index contributed by atoms with van der Waals surface area (Å²) in [6, 6.07) is 6.90. The average molecular weight is 592 g/mol. The van der Waals surface area contributed by atoms with Gasteiger partial charge in [-0.2, -0.15) is 13.2 Å². The number of rotatable bonds is 8. The standard InChI is InChI=1S/C26H21ClF3N5O6/c1-37-6-7-38-19-11-18-21(23-22(19)39-8-9-40-23)24(33-13-32-18)41-20-5-3-15(12-31-20)35-25(36)34-14-2-4-17(27)16(10-14)26(28,29)30/h2-5,10-13H,6-9H2,1H3,(H2,34,35,36). The smallest absolute Gasteiger partial charge is 0.417 e. The van der Waals surface area contributed by atoms with Crippen LogP contribution >= 0.6 is 11.6 Å². The molecule has 1 aliphatic rings. The van der Waals surface area contributed by atoms with Gasteiger partial charge in [0.1, 0.15) is 31.5 Å². The van der Waals surface area contributed by atoms with Crippen LogP contribution in [0.15, 0.2) is 48.9 Å². The van der Waals surface area contributed by atoms with E-state index in [4.69, 9.17) is 35.3 Å². The Morgan fingerprint density at radius 2 is 1.76 bits per heavy atom. The molecule has 5 rings (SSSR count). The number of carbonyl (C=O) groups excluding carboxylic acids is 1. The minimum Gasteiger partial charge on any atom is -0.487 e. The van der Waals surface area contributed by atoms with E-state index in [1.807, 2.05) is 0 Å². The number of aromatic nitrogens is 3. The van der Waals surface area contributed by atoms with E-state index in [0.29, 0.717) is 54.6 Å². The molecular formula is C26H21ClF3N5O6. The molecule has 15 heteroatoms. The molecule has 2 amide bonds. The number of nitrogens with zero attached hydrogens (tertiary/aromatic N) is 3. The lowest BCUT2D eigenvalue weighted by Crippen LogP contribution is -2.20. The third kappa shape index (κ3) is 6.44. The van der Waals surface area contributed by atoms with Crippen molar-refractivity contribution in [3.05, 3.63) is 59.5 Å². The van der Waals surface area contributed by atoms with Crippen molar-refractivity contribution >= 4 is 39.9 Å². The van der Waals surface area contributed by atoms with Crippen molar-refractivity contribution in [3.63, 3.8) is 0 Å². The number of benzene rings is 2. The van der Waals surface area contributed by atoms with Crippen LogP contribution in [0.4, 0.5) is 29.3 Å². The molecule has 4 aromatic rings. The SMILES string of the molecule is COCCOc1cc2ncnc(Oc3ccc(NC(=O)Nc4ccc(Cl)c(C(F)(F)F)c4)cn3)c2c2c1OCCO2. The van der Waals surface area contributed by atoms with Crippen LogP contribution in [0.2, 0.25) is 5.02 Å². The van der Waals surface area contributed by atoms with Crippen LogP contribution in [0.5, 0.6) is 29.0 Å². The molecule has 1 aliphatic heterocycles. The molecule has 0 unspecified atom stereocenters. The Kier molecular flexibility index (Phi) is 8.12. The predicted molar refractivity (Wildman–Crippen MR) is 141 cm³/mol. The quantitative estimate of drug-likeness (QED) is 0.240. The highest BCUT2D eigenvalue weighted by Crippen LogP contribution is 2.47. The third-order valence-corrected chi connectivity index (χ3v) is 5.94. The van der Waals surface area contributed by atoms with Crippen LogP contribution in [0.25, 0.3) is 10.9 Å². The van der Waals surface area contributed by atoms with Gasteiger partial charge < -0.3 is 34.3 Å². The van der Waals surface area contributed by atoms with Crippen LogP contribution in [0.1, 0.15) is 5.56 Å². The summed E-state index contributed by atoms with van der Waals surface area (Å²) < 4.78 is 67.6. The normalized spacial score (nSPS) is 12.6. The number of nitrogens with one attached hydrogen (secondary N) is 2. The van der Waals surface area contributed by atoms with E-state index in [0.717, 1.165) is 12.1 Å². The number of hydrogen-bond donors (Lipinski definition) is 2. The number of halogens is 4. The Bertz CT molecular complexity index is 1570. The van der Waals surface area contributed by atoms with Crippen molar-refractivity contribution in [3.8, 4) is 29.0 Å². The van der Waals surface area contributed by atoms with Gasteiger partial charge in [0.2, 0.25) is 17.5 Å². The Hall–Kier alpha value is -4.56. The zero-order valence-electron chi connectivity index (χ0n) is 21.3. The molecule has 214 valence electrons. The van der Waals surface area contributed by atoms with Crippen LogP contribution in [-0.4, -0.2) is 54.5 Å². The first-order valence-corrected chi connectivity index (χ1v) is 12.4. The second-order valence-electron chi connectivity index (χ2n) is 8.40. The Morgan fingerprint density at radius 3 is 2.49 bits per heavy atom. The van der Waals surface area contributed by atoms with Gasteiger partial charge in [-0.15, -0.1) is 0 Å². The largest absolute Gasteiger partial charge is 0.487 e. The average Bonchev–Trinajstić information content (AvgIpc) is 2.94. The highest BCUT2D eigenvalue weighted by molar-refractivity contribution is 6.31. The van der Waals surface area contributed by atoms with Crippen molar-refractivity contribution < 1.29 is 41.7 Å². The van der Waals surface area contributed by atoms with Crippen molar-refractivity contribution in [1.29, 1.82) is 0 Å². The Morgan fingerprint density at radius 1 is 1.00 bits per heavy atom. The molecule has 2 aromatic carbocycles. The van der Waals surface area contributed by atoms with Crippen LogP contribution in [-0.2, 0) is 10.9 Å². The molecule has 41 heavy (non-hydrogen) atoms. The maximum absolute atomic E-state index is 13.1. The van der Waals surface area contributed by atoms with Crippen molar-refractivity contribution in [2.24, 2.45) is 0 Å². The van der Waals surface area contributed by atoms with E-state index >= 15 is 0 Å². The second-order valence-corrected chi connectivity index (χ2v) is 8.81. The van der Waals surface area contributed by atoms with Crippen molar-refractivity contribution in [1.82, 2.24) is 15.0 Å². The molecule has 2 N–H and O–H groups in total. The van der Waals surface area contributed by atoms with E-state index in [-0.39, 0.29) is 23.1 Å². The fraction of sp³-hybridized carbons (Fsp3) is 0.231. The topological polar surface area (TPSA) is 126 Å². The molecule has 2 aromatic heterocycles. The van der Waals surface area contributed by atoms with Gasteiger partial charge in [-0.25, -0.2) is 19.7 Å². The molecule has 0 bridgehead atoms. The molecule has 0 aliphatic carbocycles. The number of anilines is 2. The first-order chi connectivity index (χ1) is 19.7. The minimum absolute atomic E-state index is 0.0930. The maximum atomic E-state index is 13.1. The zero-order chi connectivity index (χ0) is 29.0. The first-order valence-electron chi connectivity index (χ1n) is 12.0. The van der Waals surface area contributed by atoms with E-state index < -0.39 is 22.8 Å². The van der Waals surface area contributed by atoms with Crippen molar-refractivity contribution in [2.45, 2.75) is 6.18 Å². The van der Waals surface area contributed by atoms with Gasteiger partial charge in [0.15, 0.2) is 11.5 Å². The summed E-state index contributed by atoms with van der Waals surface area (Å²) in [4.78, 5) is 25.0. The molecule has 0 atom stereocenters. The summed E-state index contributed by atoms with van der Waals surface area (Å²) >= 11 is 5.62. The fourth-order valence-corrected chi connectivity index (χ4v) is 4.05. The van der Waals surface area contributed by atoms with Crippen molar-refractivity contribution in [2.75, 3.05) is 44.2 Å². The molecule has 0 radical (unpaired) electrons. The highest BCUT2D eigenvalue weighted by atomic mass is 35.5. The summed E-state index contributed by atoms with van der Waals surface area (Å²) in [5, 5.41) is 4.78. The molecule has 0 saturated heterocycles. The van der Waals surface area contributed by atoms with E-state index in [9.17, 15) is 18.0 Å². The predicted octanol–water partition coefficient (Wildman–Crippen LogP) is 5.93. The number of amides is 2. The van der Waals surface area contributed by atoms with Gasteiger partial charge in [0.05, 0.1) is 34.6 Å². The molecule has 11 nitrogen and oxygen atoms in total. The fourth-order valence-electron chi connectivity index (χ4n) is 3.83. The number of pyridine rings is 1. The van der Waals surface area contributed by atoms with Gasteiger partial charge >= 0.3 is 12.2 Å². The number of alkyl halides is 3. The molecule has 3 heterocycles. The lowest BCUT2D eigenvalue weighted by atomic mass is 10.1. The third-order valence-electron chi connectivity index (χ3n) is 5.61. The first kappa shape index (κ1) is 28.0. The van der Waals surface area contributed by atoms with Crippen LogP contribution in [0, 0.1) is 0 Å². The van der Waals surface area contributed by atoms with Crippen LogP contribution in [0.3, 0.4) is 0 Å². The number of methoxy groups -OCH3 is 1. The van der Waals surface area contributed by atoms with Crippen LogP contribution < -0.4 is 29.6 Å². The lowest BCUT2D eigenvalue weighted by molar-refractivity contribution is -0.137. The number of fused-ring (bicyclic) bond motifs is 3. The Balaban J connectivity index is 1.31. The van der Waals surface area contributed by atoms with E-state index in [1.54, 1.807) is 13.2 Å². The summed E-state index contributed by atoms with van der Waals surface area (Å²) in [6.45, 7) is 1.30. The lowest BCUT2D eigenvalue weighted by Gasteiger charge is -2.23. The number of ether oxygens (including phenoxy) is 5.